The third-order valence-corrected chi connectivity index (χ3v) is 3.56. The fourth-order valence-corrected chi connectivity index (χ4v) is 2.53. The molecule has 1 saturated carbocycles. The van der Waals surface area contributed by atoms with E-state index in [0.717, 1.165) is 18.5 Å². The van der Waals surface area contributed by atoms with Crippen molar-refractivity contribution in [3.8, 4) is 0 Å². The monoisotopic (exact) mass is 198 g/mol. The zero-order valence-electron chi connectivity index (χ0n) is 10.1. The van der Waals surface area contributed by atoms with Crippen LogP contribution in [0.1, 0.15) is 39.0 Å². The third kappa shape index (κ3) is 3.58. The standard InChI is InChI=1S/C12H26N2/c1-4-11(9-13-2)10-14(3)12-7-5-6-8-12/h11-13H,4-10H2,1-3H3. The van der Waals surface area contributed by atoms with Crippen molar-refractivity contribution in [2.75, 3.05) is 27.2 Å². The average molecular weight is 198 g/mol. The molecule has 1 fully saturated rings. The maximum Gasteiger partial charge on any atom is 0.00923 e. The summed E-state index contributed by atoms with van der Waals surface area (Å²) in [6, 6.07) is 0.876. The Morgan fingerprint density at radius 1 is 1.36 bits per heavy atom. The Balaban J connectivity index is 2.25. The van der Waals surface area contributed by atoms with Crippen molar-refractivity contribution in [1.29, 1.82) is 0 Å². The predicted octanol–water partition coefficient (Wildman–Crippen LogP) is 2.11. The molecule has 0 radical (unpaired) electrons. The van der Waals surface area contributed by atoms with E-state index in [9.17, 15) is 0 Å². The van der Waals surface area contributed by atoms with E-state index in [1.807, 2.05) is 0 Å². The van der Waals surface area contributed by atoms with Crippen molar-refractivity contribution < 1.29 is 0 Å². The van der Waals surface area contributed by atoms with Gasteiger partial charge >= 0.3 is 0 Å². The lowest BCUT2D eigenvalue weighted by Gasteiger charge is -2.28. The van der Waals surface area contributed by atoms with E-state index >= 15 is 0 Å². The summed E-state index contributed by atoms with van der Waals surface area (Å²) in [7, 11) is 4.35. The SMILES string of the molecule is CCC(CNC)CN(C)C1CCCC1. The highest BCUT2D eigenvalue weighted by Gasteiger charge is 2.21. The van der Waals surface area contributed by atoms with Gasteiger partial charge in [-0.2, -0.15) is 0 Å². The summed E-state index contributed by atoms with van der Waals surface area (Å²) in [5.41, 5.74) is 0. The zero-order valence-corrected chi connectivity index (χ0v) is 10.1. The van der Waals surface area contributed by atoms with Crippen molar-refractivity contribution >= 4 is 0 Å². The first-order chi connectivity index (χ1) is 6.77. The van der Waals surface area contributed by atoms with Crippen LogP contribution in [0.3, 0.4) is 0 Å². The second-order valence-corrected chi connectivity index (χ2v) is 4.71. The predicted molar refractivity (Wildman–Crippen MR) is 62.6 cm³/mol. The summed E-state index contributed by atoms with van der Waals surface area (Å²) in [6.45, 7) is 4.72. The molecule has 0 amide bonds. The Labute approximate surface area is 89.1 Å². The normalized spacial score (nSPS) is 20.6. The molecule has 0 heterocycles. The molecule has 0 bridgehead atoms. The fraction of sp³-hybridized carbons (Fsp3) is 1.00. The van der Waals surface area contributed by atoms with Crippen LogP contribution in [0.4, 0.5) is 0 Å². The van der Waals surface area contributed by atoms with Crippen LogP contribution in [0.25, 0.3) is 0 Å². The van der Waals surface area contributed by atoms with Crippen molar-refractivity contribution in [2.45, 2.75) is 45.1 Å². The first-order valence-corrected chi connectivity index (χ1v) is 6.12. The molecule has 14 heavy (non-hydrogen) atoms. The van der Waals surface area contributed by atoms with E-state index in [1.165, 1.54) is 38.6 Å². The first-order valence-electron chi connectivity index (χ1n) is 6.12. The van der Waals surface area contributed by atoms with Gasteiger partial charge in [-0.3, -0.25) is 0 Å². The summed E-state index contributed by atoms with van der Waals surface area (Å²) < 4.78 is 0. The van der Waals surface area contributed by atoms with Gasteiger partial charge in [-0.1, -0.05) is 26.2 Å². The van der Waals surface area contributed by atoms with Crippen LogP contribution in [-0.2, 0) is 0 Å². The molecule has 1 aliphatic rings. The summed E-state index contributed by atoms with van der Waals surface area (Å²) >= 11 is 0. The summed E-state index contributed by atoms with van der Waals surface area (Å²) in [5.74, 6) is 0.825. The average Bonchev–Trinajstić information content (AvgIpc) is 2.69. The van der Waals surface area contributed by atoms with Crippen molar-refractivity contribution in [2.24, 2.45) is 5.92 Å². The van der Waals surface area contributed by atoms with E-state index < -0.39 is 0 Å². The molecule has 84 valence electrons. The van der Waals surface area contributed by atoms with Gasteiger partial charge in [0.05, 0.1) is 0 Å². The van der Waals surface area contributed by atoms with Crippen LogP contribution < -0.4 is 5.32 Å². The van der Waals surface area contributed by atoms with Gasteiger partial charge in [0.1, 0.15) is 0 Å². The Bertz CT molecular complexity index is 141. The van der Waals surface area contributed by atoms with E-state index in [1.54, 1.807) is 0 Å². The minimum Gasteiger partial charge on any atom is -0.319 e. The van der Waals surface area contributed by atoms with Crippen LogP contribution >= 0.6 is 0 Å². The molecule has 0 aromatic heterocycles. The van der Waals surface area contributed by atoms with E-state index in [4.69, 9.17) is 0 Å². The molecular weight excluding hydrogens is 172 g/mol. The maximum atomic E-state index is 3.29. The molecule has 1 aliphatic carbocycles. The molecule has 0 saturated heterocycles. The molecule has 0 spiro atoms. The van der Waals surface area contributed by atoms with Gasteiger partial charge in [0.15, 0.2) is 0 Å². The first kappa shape index (κ1) is 12.0. The molecule has 0 aromatic rings. The molecule has 1 unspecified atom stereocenters. The Morgan fingerprint density at radius 3 is 2.50 bits per heavy atom. The Morgan fingerprint density at radius 2 is 2.00 bits per heavy atom. The molecule has 1 N–H and O–H groups in total. The molecule has 0 aliphatic heterocycles. The Hall–Kier alpha value is -0.0800. The van der Waals surface area contributed by atoms with Crippen LogP contribution in [-0.4, -0.2) is 38.1 Å². The van der Waals surface area contributed by atoms with Gasteiger partial charge in [-0.15, -0.1) is 0 Å². The van der Waals surface area contributed by atoms with Crippen LogP contribution in [0.5, 0.6) is 0 Å². The maximum absolute atomic E-state index is 3.29. The van der Waals surface area contributed by atoms with Gasteiger partial charge in [0, 0.05) is 12.6 Å². The minimum absolute atomic E-state index is 0.825. The lowest BCUT2D eigenvalue weighted by atomic mass is 10.1. The number of nitrogens with zero attached hydrogens (tertiary/aromatic N) is 1. The lowest BCUT2D eigenvalue weighted by Crippen LogP contribution is -2.36. The molecular formula is C12H26N2. The lowest BCUT2D eigenvalue weighted by molar-refractivity contribution is 0.204. The van der Waals surface area contributed by atoms with E-state index in [-0.39, 0.29) is 0 Å². The van der Waals surface area contributed by atoms with Crippen LogP contribution in [0.2, 0.25) is 0 Å². The van der Waals surface area contributed by atoms with Gasteiger partial charge in [-0.05, 0) is 39.4 Å². The second kappa shape index (κ2) is 6.41. The molecule has 0 aromatic carbocycles. The summed E-state index contributed by atoms with van der Waals surface area (Å²) in [6.07, 6.45) is 7.02. The zero-order chi connectivity index (χ0) is 10.4. The van der Waals surface area contributed by atoms with Crippen LogP contribution in [0, 0.1) is 5.92 Å². The molecule has 2 nitrogen and oxygen atoms in total. The van der Waals surface area contributed by atoms with Crippen molar-refractivity contribution in [1.82, 2.24) is 10.2 Å². The number of rotatable bonds is 6. The van der Waals surface area contributed by atoms with E-state index in [2.05, 4.69) is 31.2 Å². The van der Waals surface area contributed by atoms with Crippen LogP contribution in [0.15, 0.2) is 0 Å². The topological polar surface area (TPSA) is 15.3 Å². The second-order valence-electron chi connectivity index (χ2n) is 4.71. The molecule has 1 rings (SSSR count). The highest BCUT2D eigenvalue weighted by molar-refractivity contribution is 4.77. The largest absolute Gasteiger partial charge is 0.319 e. The Kier molecular flexibility index (Phi) is 5.49. The quantitative estimate of drug-likeness (QED) is 0.703. The van der Waals surface area contributed by atoms with Gasteiger partial charge in [0.25, 0.3) is 0 Å². The third-order valence-electron chi connectivity index (χ3n) is 3.56. The summed E-state index contributed by atoms with van der Waals surface area (Å²) in [4.78, 5) is 2.58. The fourth-order valence-electron chi connectivity index (χ4n) is 2.53. The smallest absolute Gasteiger partial charge is 0.00923 e. The molecule has 2 heteroatoms. The highest BCUT2D eigenvalue weighted by atomic mass is 15.1. The molecule has 1 atom stereocenters. The van der Waals surface area contributed by atoms with Gasteiger partial charge in [-0.25, -0.2) is 0 Å². The minimum atomic E-state index is 0.825. The van der Waals surface area contributed by atoms with E-state index in [0.29, 0.717) is 0 Å². The van der Waals surface area contributed by atoms with Crippen molar-refractivity contribution in [3.05, 3.63) is 0 Å². The summed E-state index contributed by atoms with van der Waals surface area (Å²) in [5, 5.41) is 3.29. The van der Waals surface area contributed by atoms with Gasteiger partial charge in [0.2, 0.25) is 0 Å². The number of hydrogen-bond donors (Lipinski definition) is 1. The van der Waals surface area contributed by atoms with Gasteiger partial charge < -0.3 is 10.2 Å². The van der Waals surface area contributed by atoms with Crippen molar-refractivity contribution in [3.63, 3.8) is 0 Å². The number of nitrogens with one attached hydrogen (secondary N) is 1. The number of hydrogen-bond acceptors (Lipinski definition) is 2. The highest BCUT2D eigenvalue weighted by Crippen LogP contribution is 2.23.